The lowest BCUT2D eigenvalue weighted by Crippen LogP contribution is -2.19. The second-order valence-electron chi connectivity index (χ2n) is 7.73. The van der Waals surface area contributed by atoms with Crippen molar-refractivity contribution in [2.45, 2.75) is 26.8 Å². The van der Waals surface area contributed by atoms with Crippen LogP contribution < -0.4 is 5.32 Å². The van der Waals surface area contributed by atoms with Crippen molar-refractivity contribution < 1.29 is 13.6 Å². The molecule has 5 aromatic rings. The van der Waals surface area contributed by atoms with Crippen LogP contribution in [0.25, 0.3) is 32.5 Å². The summed E-state index contributed by atoms with van der Waals surface area (Å²) in [5.41, 5.74) is 3.22. The van der Waals surface area contributed by atoms with Crippen molar-refractivity contribution >= 4 is 43.6 Å². The zero-order chi connectivity index (χ0) is 23.3. The molecule has 1 aromatic carbocycles. The molecule has 0 atom stereocenters. The van der Waals surface area contributed by atoms with Gasteiger partial charge in [0, 0.05) is 24.4 Å². The molecule has 4 heterocycles. The van der Waals surface area contributed by atoms with Crippen LogP contribution in [0, 0.1) is 13.8 Å². The molecule has 1 N–H and O–H groups in total. The molecule has 0 spiro atoms. The van der Waals surface area contributed by atoms with Crippen molar-refractivity contribution in [2.75, 3.05) is 5.32 Å². The SMILES string of the molecule is Cc1cccc2sc(NC(=O)Cn3nc(C)c4c(C(F)F)cc(-c5cnn(C)c5)nc43)nc12. The first-order chi connectivity index (χ1) is 15.8. The lowest BCUT2D eigenvalue weighted by Gasteiger charge is -2.07. The van der Waals surface area contributed by atoms with E-state index in [1.54, 1.807) is 31.0 Å². The van der Waals surface area contributed by atoms with E-state index in [0.29, 0.717) is 22.1 Å². The molecule has 8 nitrogen and oxygen atoms in total. The number of carbonyl (C=O) groups is 1. The van der Waals surface area contributed by atoms with Crippen LogP contribution in [-0.4, -0.2) is 35.4 Å². The third kappa shape index (κ3) is 3.84. The number of carbonyl (C=O) groups excluding carboxylic acids is 1. The molecule has 0 saturated heterocycles. The lowest BCUT2D eigenvalue weighted by atomic mass is 10.1. The Balaban J connectivity index is 1.51. The number of para-hydroxylation sites is 1. The van der Waals surface area contributed by atoms with Gasteiger partial charge in [-0.25, -0.2) is 23.4 Å². The fourth-order valence-corrected chi connectivity index (χ4v) is 4.76. The number of rotatable bonds is 5. The van der Waals surface area contributed by atoms with Crippen LogP contribution in [0.4, 0.5) is 13.9 Å². The number of anilines is 1. The van der Waals surface area contributed by atoms with Gasteiger partial charge in [-0.15, -0.1) is 0 Å². The van der Waals surface area contributed by atoms with Gasteiger partial charge in [0.1, 0.15) is 6.54 Å². The van der Waals surface area contributed by atoms with Crippen LogP contribution in [0.3, 0.4) is 0 Å². The van der Waals surface area contributed by atoms with Crippen molar-refractivity contribution in [3.05, 3.63) is 53.5 Å². The van der Waals surface area contributed by atoms with E-state index in [1.165, 1.54) is 22.1 Å². The quantitative estimate of drug-likeness (QED) is 0.407. The minimum Gasteiger partial charge on any atom is -0.300 e. The highest BCUT2D eigenvalue weighted by Gasteiger charge is 2.22. The number of alkyl halides is 2. The highest BCUT2D eigenvalue weighted by Crippen LogP contribution is 2.33. The largest absolute Gasteiger partial charge is 0.300 e. The Morgan fingerprint density at radius 3 is 2.76 bits per heavy atom. The fourth-order valence-electron chi connectivity index (χ4n) is 3.80. The molecular weight excluding hydrogens is 448 g/mol. The third-order valence-corrected chi connectivity index (χ3v) is 6.24. The highest BCUT2D eigenvalue weighted by atomic mass is 32.1. The summed E-state index contributed by atoms with van der Waals surface area (Å²) >= 11 is 1.37. The summed E-state index contributed by atoms with van der Waals surface area (Å²) in [4.78, 5) is 21.8. The highest BCUT2D eigenvalue weighted by molar-refractivity contribution is 7.22. The van der Waals surface area contributed by atoms with E-state index < -0.39 is 6.43 Å². The van der Waals surface area contributed by atoms with Crippen molar-refractivity contribution in [2.24, 2.45) is 7.05 Å². The summed E-state index contributed by atoms with van der Waals surface area (Å²) in [6.07, 6.45) is 0.527. The maximum absolute atomic E-state index is 13.9. The van der Waals surface area contributed by atoms with Crippen molar-refractivity contribution in [3.8, 4) is 11.3 Å². The average Bonchev–Trinajstić information content (AvgIpc) is 3.45. The van der Waals surface area contributed by atoms with E-state index in [4.69, 9.17) is 0 Å². The average molecular weight is 468 g/mol. The zero-order valence-electron chi connectivity index (χ0n) is 18.0. The van der Waals surface area contributed by atoms with Gasteiger partial charge in [-0.05, 0) is 31.5 Å². The molecule has 168 valence electrons. The minimum atomic E-state index is -2.72. The predicted octanol–water partition coefficient (Wildman–Crippen LogP) is 4.63. The van der Waals surface area contributed by atoms with Crippen LogP contribution in [0.5, 0.6) is 0 Å². The number of benzene rings is 1. The van der Waals surface area contributed by atoms with Crippen LogP contribution in [0.1, 0.15) is 23.2 Å². The molecule has 0 unspecified atom stereocenters. The van der Waals surface area contributed by atoms with Gasteiger partial charge in [-0.2, -0.15) is 10.2 Å². The van der Waals surface area contributed by atoms with Gasteiger partial charge in [-0.3, -0.25) is 9.48 Å². The number of nitrogens with zero attached hydrogens (tertiary/aromatic N) is 6. The number of nitrogens with one attached hydrogen (secondary N) is 1. The van der Waals surface area contributed by atoms with Gasteiger partial charge in [0.05, 0.1) is 33.2 Å². The minimum absolute atomic E-state index is 0.176. The topological polar surface area (TPSA) is 90.5 Å². The molecule has 0 aliphatic rings. The fraction of sp³-hybridized carbons (Fsp3) is 0.227. The van der Waals surface area contributed by atoms with Crippen LogP contribution in [0.2, 0.25) is 0 Å². The maximum atomic E-state index is 13.9. The first-order valence-electron chi connectivity index (χ1n) is 10.1. The molecule has 0 saturated carbocycles. The Labute approximate surface area is 190 Å². The molecule has 0 radical (unpaired) electrons. The molecular formula is C22H19F2N7OS. The lowest BCUT2D eigenvalue weighted by molar-refractivity contribution is -0.116. The molecule has 0 bridgehead atoms. The van der Waals surface area contributed by atoms with Crippen LogP contribution in [0.15, 0.2) is 36.7 Å². The summed E-state index contributed by atoms with van der Waals surface area (Å²) in [5, 5.41) is 11.9. The zero-order valence-corrected chi connectivity index (χ0v) is 18.8. The van der Waals surface area contributed by atoms with E-state index >= 15 is 0 Å². The van der Waals surface area contributed by atoms with Gasteiger partial charge < -0.3 is 5.32 Å². The van der Waals surface area contributed by atoms with E-state index in [0.717, 1.165) is 15.8 Å². The maximum Gasteiger partial charge on any atom is 0.264 e. The number of aromatic nitrogens is 6. The van der Waals surface area contributed by atoms with Crippen LogP contribution in [-0.2, 0) is 18.4 Å². The van der Waals surface area contributed by atoms with Gasteiger partial charge in [0.15, 0.2) is 10.8 Å². The number of fused-ring (bicyclic) bond motifs is 2. The summed E-state index contributed by atoms with van der Waals surface area (Å²) in [5.74, 6) is -0.372. The van der Waals surface area contributed by atoms with Gasteiger partial charge in [0.25, 0.3) is 6.43 Å². The number of halogens is 2. The summed E-state index contributed by atoms with van der Waals surface area (Å²) in [6, 6.07) is 7.19. The molecule has 33 heavy (non-hydrogen) atoms. The Morgan fingerprint density at radius 1 is 1.24 bits per heavy atom. The summed E-state index contributed by atoms with van der Waals surface area (Å²) in [7, 11) is 1.73. The Morgan fingerprint density at radius 2 is 2.06 bits per heavy atom. The summed E-state index contributed by atoms with van der Waals surface area (Å²) in [6.45, 7) is 3.40. The molecule has 11 heteroatoms. The number of hydrogen-bond donors (Lipinski definition) is 1. The predicted molar refractivity (Wildman–Crippen MR) is 122 cm³/mol. The second kappa shape index (κ2) is 8.00. The summed E-state index contributed by atoms with van der Waals surface area (Å²) < 4.78 is 31.7. The van der Waals surface area contributed by atoms with E-state index in [9.17, 15) is 13.6 Å². The first-order valence-corrected chi connectivity index (χ1v) is 10.9. The van der Waals surface area contributed by atoms with Gasteiger partial charge >= 0.3 is 0 Å². The van der Waals surface area contributed by atoms with Gasteiger partial charge in [-0.1, -0.05) is 23.5 Å². The molecule has 4 aromatic heterocycles. The number of thiazole rings is 1. The molecule has 0 fully saturated rings. The Bertz CT molecular complexity index is 1520. The molecule has 5 rings (SSSR count). The smallest absolute Gasteiger partial charge is 0.264 e. The van der Waals surface area contributed by atoms with E-state index in [1.807, 2.05) is 25.1 Å². The monoisotopic (exact) mass is 467 g/mol. The normalized spacial score (nSPS) is 11.7. The Kier molecular flexibility index (Phi) is 5.12. The number of pyridine rings is 1. The second-order valence-corrected chi connectivity index (χ2v) is 8.76. The van der Waals surface area contributed by atoms with E-state index in [-0.39, 0.29) is 29.0 Å². The van der Waals surface area contributed by atoms with Crippen molar-refractivity contribution in [3.63, 3.8) is 0 Å². The van der Waals surface area contributed by atoms with Crippen molar-refractivity contribution in [1.82, 2.24) is 29.5 Å². The Hall–Kier alpha value is -3.73. The third-order valence-electron chi connectivity index (χ3n) is 5.30. The van der Waals surface area contributed by atoms with Crippen molar-refractivity contribution in [1.29, 1.82) is 0 Å². The number of aryl methyl sites for hydroxylation is 3. The molecule has 1 amide bonds. The first kappa shape index (κ1) is 21.1. The molecule has 0 aliphatic heterocycles. The van der Waals surface area contributed by atoms with Gasteiger partial charge in [0.2, 0.25) is 5.91 Å². The number of hydrogen-bond acceptors (Lipinski definition) is 6. The molecule has 0 aliphatic carbocycles. The standard InChI is InChI=1S/C22H19F2N7OS/c1-11-5-4-6-16-19(11)28-22(33-16)27-17(32)10-31-21-18(12(2)29-31)14(20(23)24)7-15(26-21)13-8-25-30(3)9-13/h4-9,20H,10H2,1-3H3,(H,27,28,32). The number of amides is 1. The van der Waals surface area contributed by atoms with E-state index in [2.05, 4.69) is 25.5 Å². The van der Waals surface area contributed by atoms with Crippen LogP contribution >= 0.6 is 11.3 Å².